The van der Waals surface area contributed by atoms with Crippen molar-refractivity contribution >= 4 is 44.7 Å². The van der Waals surface area contributed by atoms with Crippen LogP contribution >= 0.6 is 22.9 Å². The predicted octanol–water partition coefficient (Wildman–Crippen LogP) is 3.96. The summed E-state index contributed by atoms with van der Waals surface area (Å²) in [5.41, 5.74) is 1.20. The number of hydrogen-bond acceptors (Lipinski definition) is 5. The van der Waals surface area contributed by atoms with E-state index >= 15 is 0 Å². The fourth-order valence-corrected chi connectivity index (χ4v) is 3.60. The first-order valence-corrected chi connectivity index (χ1v) is 9.18. The number of carbonyl (C=O) groups excluding carboxylic acids is 1. The topological polar surface area (TPSA) is 76.9 Å². The molecule has 0 bridgehead atoms. The van der Waals surface area contributed by atoms with Crippen molar-refractivity contribution in [2.24, 2.45) is 7.05 Å². The molecule has 0 atom stereocenters. The number of amides is 1. The molecule has 1 amide bonds. The van der Waals surface area contributed by atoms with Gasteiger partial charge in [0.1, 0.15) is 5.15 Å². The highest BCUT2D eigenvalue weighted by molar-refractivity contribution is 7.19. The molecular weight excluding hydrogens is 384 g/mol. The standard InChI is InChI=1S/C19H13ClN4O2S/c1-24-10-13(4-5-17(24)25)18(26)23-19-22-9-15(27-19)11-2-3-12-8-21-16(20)7-14(12)6-11/h2-10H,1H3,(H,22,23,26). The van der Waals surface area contributed by atoms with Gasteiger partial charge in [0.05, 0.1) is 10.4 Å². The molecule has 0 saturated heterocycles. The van der Waals surface area contributed by atoms with E-state index in [0.29, 0.717) is 15.8 Å². The molecule has 0 unspecified atom stereocenters. The van der Waals surface area contributed by atoms with Crippen molar-refractivity contribution in [1.29, 1.82) is 0 Å². The average Bonchev–Trinajstić information content (AvgIpc) is 3.11. The lowest BCUT2D eigenvalue weighted by atomic mass is 10.1. The van der Waals surface area contributed by atoms with Crippen molar-refractivity contribution in [1.82, 2.24) is 14.5 Å². The summed E-state index contributed by atoms with van der Waals surface area (Å²) in [7, 11) is 1.60. The number of nitrogens with one attached hydrogen (secondary N) is 1. The Morgan fingerprint density at radius 2 is 1.96 bits per heavy atom. The second kappa shape index (κ2) is 6.94. The number of aromatic nitrogens is 3. The van der Waals surface area contributed by atoms with E-state index in [1.807, 2.05) is 24.3 Å². The number of fused-ring (bicyclic) bond motifs is 1. The molecule has 4 rings (SSSR count). The van der Waals surface area contributed by atoms with Crippen molar-refractivity contribution in [2.75, 3.05) is 5.32 Å². The van der Waals surface area contributed by atoms with Crippen LogP contribution in [-0.4, -0.2) is 20.4 Å². The molecule has 0 fully saturated rings. The number of thiazole rings is 1. The highest BCUT2D eigenvalue weighted by atomic mass is 35.5. The number of halogens is 1. The highest BCUT2D eigenvalue weighted by Crippen LogP contribution is 2.31. The summed E-state index contributed by atoms with van der Waals surface area (Å²) >= 11 is 7.34. The van der Waals surface area contributed by atoms with Crippen LogP contribution in [0.4, 0.5) is 5.13 Å². The monoisotopic (exact) mass is 396 g/mol. The first kappa shape index (κ1) is 17.4. The molecule has 0 saturated carbocycles. The Morgan fingerprint density at radius 3 is 2.78 bits per heavy atom. The van der Waals surface area contributed by atoms with Gasteiger partial charge >= 0.3 is 0 Å². The minimum absolute atomic E-state index is 0.172. The number of anilines is 1. The Labute approximate surface area is 163 Å². The van der Waals surface area contributed by atoms with Crippen LogP contribution in [0.1, 0.15) is 10.4 Å². The maximum atomic E-state index is 12.4. The number of aryl methyl sites for hydroxylation is 1. The van der Waals surface area contributed by atoms with Crippen LogP contribution in [0.2, 0.25) is 5.15 Å². The van der Waals surface area contributed by atoms with Gasteiger partial charge in [0.2, 0.25) is 5.56 Å². The highest BCUT2D eigenvalue weighted by Gasteiger charge is 2.11. The second-order valence-electron chi connectivity index (χ2n) is 5.92. The van der Waals surface area contributed by atoms with Gasteiger partial charge in [0, 0.05) is 37.1 Å². The van der Waals surface area contributed by atoms with E-state index in [-0.39, 0.29) is 11.5 Å². The Kier molecular flexibility index (Phi) is 4.47. The molecule has 0 aliphatic heterocycles. The van der Waals surface area contributed by atoms with Gasteiger partial charge in [-0.25, -0.2) is 9.97 Å². The van der Waals surface area contributed by atoms with Gasteiger partial charge in [-0.2, -0.15) is 0 Å². The van der Waals surface area contributed by atoms with Gasteiger partial charge in [-0.1, -0.05) is 35.1 Å². The summed E-state index contributed by atoms with van der Waals surface area (Å²) in [6.45, 7) is 0. The molecule has 134 valence electrons. The van der Waals surface area contributed by atoms with E-state index in [2.05, 4.69) is 15.3 Å². The molecule has 0 aliphatic rings. The van der Waals surface area contributed by atoms with Crippen molar-refractivity contribution in [3.8, 4) is 10.4 Å². The van der Waals surface area contributed by atoms with Crippen LogP contribution in [0, 0.1) is 0 Å². The maximum absolute atomic E-state index is 12.4. The summed E-state index contributed by atoms with van der Waals surface area (Å²) in [6.07, 6.45) is 4.94. The molecule has 3 heterocycles. The summed E-state index contributed by atoms with van der Waals surface area (Å²) in [5.74, 6) is -0.317. The number of nitrogens with zero attached hydrogens (tertiary/aromatic N) is 3. The van der Waals surface area contributed by atoms with Crippen molar-refractivity contribution < 1.29 is 4.79 Å². The maximum Gasteiger partial charge on any atom is 0.258 e. The number of rotatable bonds is 3. The fraction of sp³-hybridized carbons (Fsp3) is 0.0526. The first-order valence-electron chi connectivity index (χ1n) is 7.99. The van der Waals surface area contributed by atoms with Crippen LogP contribution < -0.4 is 10.9 Å². The summed E-state index contributed by atoms with van der Waals surface area (Å²) in [4.78, 5) is 33.1. The zero-order valence-electron chi connectivity index (χ0n) is 14.1. The number of benzene rings is 1. The lowest BCUT2D eigenvalue weighted by Crippen LogP contribution is -2.19. The molecule has 4 aromatic rings. The number of hydrogen-bond donors (Lipinski definition) is 1. The molecule has 27 heavy (non-hydrogen) atoms. The summed E-state index contributed by atoms with van der Waals surface area (Å²) < 4.78 is 1.36. The Hall–Kier alpha value is -3.03. The zero-order valence-corrected chi connectivity index (χ0v) is 15.7. The number of pyridine rings is 2. The minimum atomic E-state index is -0.317. The van der Waals surface area contributed by atoms with E-state index in [0.717, 1.165) is 21.2 Å². The van der Waals surface area contributed by atoms with Gasteiger partial charge in [-0.3, -0.25) is 14.9 Å². The third-order valence-electron chi connectivity index (χ3n) is 4.05. The zero-order chi connectivity index (χ0) is 19.0. The third kappa shape index (κ3) is 3.60. The molecule has 0 spiro atoms. The minimum Gasteiger partial charge on any atom is -0.318 e. The molecule has 0 radical (unpaired) electrons. The third-order valence-corrected chi connectivity index (χ3v) is 5.22. The summed E-state index contributed by atoms with van der Waals surface area (Å²) in [5, 5.41) is 5.66. The molecule has 0 aliphatic carbocycles. The Balaban J connectivity index is 1.58. The molecule has 1 aromatic carbocycles. The smallest absolute Gasteiger partial charge is 0.258 e. The van der Waals surface area contributed by atoms with Gasteiger partial charge < -0.3 is 4.57 Å². The quantitative estimate of drug-likeness (QED) is 0.532. The lowest BCUT2D eigenvalue weighted by molar-refractivity contribution is 0.102. The van der Waals surface area contributed by atoms with Crippen molar-refractivity contribution in [3.05, 3.63) is 76.1 Å². The van der Waals surface area contributed by atoms with Gasteiger partial charge in [-0.15, -0.1) is 0 Å². The van der Waals surface area contributed by atoms with Gasteiger partial charge in [-0.05, 0) is 29.1 Å². The normalized spacial score (nSPS) is 10.9. The number of carbonyl (C=O) groups is 1. The van der Waals surface area contributed by atoms with Gasteiger partial charge in [0.25, 0.3) is 5.91 Å². The fourth-order valence-electron chi connectivity index (χ4n) is 2.63. The molecule has 6 nitrogen and oxygen atoms in total. The SMILES string of the molecule is Cn1cc(C(=O)Nc2ncc(-c3ccc4cnc(Cl)cc4c3)s2)ccc1=O. The summed E-state index contributed by atoms with van der Waals surface area (Å²) in [6, 6.07) is 10.6. The largest absolute Gasteiger partial charge is 0.318 e. The molecule has 8 heteroatoms. The predicted molar refractivity (Wildman–Crippen MR) is 107 cm³/mol. The molecule has 3 aromatic heterocycles. The van der Waals surface area contributed by atoms with Crippen LogP contribution in [0.25, 0.3) is 21.2 Å². The Morgan fingerprint density at radius 1 is 1.11 bits per heavy atom. The van der Waals surface area contributed by atoms with E-state index in [1.165, 1.54) is 34.2 Å². The van der Waals surface area contributed by atoms with E-state index in [1.54, 1.807) is 19.4 Å². The first-order chi connectivity index (χ1) is 13.0. The van der Waals surface area contributed by atoms with Gasteiger partial charge in [0.15, 0.2) is 5.13 Å². The lowest BCUT2D eigenvalue weighted by Gasteiger charge is -2.03. The molecular formula is C19H13ClN4O2S. The second-order valence-corrected chi connectivity index (χ2v) is 7.34. The van der Waals surface area contributed by atoms with Crippen molar-refractivity contribution in [3.63, 3.8) is 0 Å². The van der Waals surface area contributed by atoms with E-state index in [9.17, 15) is 9.59 Å². The van der Waals surface area contributed by atoms with E-state index < -0.39 is 0 Å². The van der Waals surface area contributed by atoms with Crippen molar-refractivity contribution in [2.45, 2.75) is 0 Å². The molecule has 1 N–H and O–H groups in total. The van der Waals surface area contributed by atoms with Crippen LogP contribution in [0.3, 0.4) is 0 Å². The van der Waals surface area contributed by atoms with E-state index in [4.69, 9.17) is 11.6 Å². The van der Waals surface area contributed by atoms with Crippen LogP contribution in [-0.2, 0) is 7.05 Å². The Bertz CT molecular complexity index is 1230. The average molecular weight is 397 g/mol. The van der Waals surface area contributed by atoms with Crippen LogP contribution in [0.15, 0.2) is 59.8 Å². The van der Waals surface area contributed by atoms with Crippen LogP contribution in [0.5, 0.6) is 0 Å².